The standard InChI is InChI=1S/C12H18O3/c1-3-4-5-8-11(13)9-6-7-10-12(14)15-2/h3,7,10H,1,4-6,8-9H2,2H3/b10-7+. The predicted octanol–water partition coefficient (Wildman–Crippen LogP) is 2.42. The second kappa shape index (κ2) is 9.19. The number of carbonyl (C=O) groups is 2. The van der Waals surface area contributed by atoms with Crippen molar-refractivity contribution in [3.8, 4) is 0 Å². The van der Waals surface area contributed by atoms with Gasteiger partial charge in [-0.15, -0.1) is 6.58 Å². The first-order valence-corrected chi connectivity index (χ1v) is 5.07. The van der Waals surface area contributed by atoms with Gasteiger partial charge in [-0.05, 0) is 19.3 Å². The molecule has 3 heteroatoms. The maximum atomic E-state index is 11.2. The Morgan fingerprint density at radius 2 is 2.00 bits per heavy atom. The molecule has 0 N–H and O–H groups in total. The van der Waals surface area contributed by atoms with Gasteiger partial charge in [0.25, 0.3) is 0 Å². The van der Waals surface area contributed by atoms with Crippen LogP contribution in [0.3, 0.4) is 0 Å². The molecule has 15 heavy (non-hydrogen) atoms. The Hall–Kier alpha value is -1.38. The molecule has 0 aliphatic carbocycles. The van der Waals surface area contributed by atoms with Gasteiger partial charge in [-0.25, -0.2) is 4.79 Å². The lowest BCUT2D eigenvalue weighted by molar-refractivity contribution is -0.134. The van der Waals surface area contributed by atoms with E-state index in [4.69, 9.17) is 0 Å². The minimum Gasteiger partial charge on any atom is -0.466 e. The van der Waals surface area contributed by atoms with Crippen LogP contribution in [-0.4, -0.2) is 18.9 Å². The van der Waals surface area contributed by atoms with Crippen LogP contribution in [0.5, 0.6) is 0 Å². The zero-order valence-corrected chi connectivity index (χ0v) is 9.20. The van der Waals surface area contributed by atoms with Crippen molar-refractivity contribution in [3.63, 3.8) is 0 Å². The normalized spacial score (nSPS) is 10.2. The first-order valence-electron chi connectivity index (χ1n) is 5.07. The number of rotatable bonds is 8. The average Bonchev–Trinajstić information content (AvgIpc) is 2.24. The molecule has 0 bridgehead atoms. The number of unbranched alkanes of at least 4 members (excludes halogenated alkanes) is 1. The lowest BCUT2D eigenvalue weighted by atomic mass is 10.1. The van der Waals surface area contributed by atoms with Crippen molar-refractivity contribution < 1.29 is 14.3 Å². The third-order valence-electron chi connectivity index (χ3n) is 1.91. The summed E-state index contributed by atoms with van der Waals surface area (Å²) in [7, 11) is 1.33. The van der Waals surface area contributed by atoms with Gasteiger partial charge < -0.3 is 4.74 Å². The molecule has 0 spiro atoms. The molecule has 0 saturated carbocycles. The molecule has 0 aromatic carbocycles. The Balaban J connectivity index is 3.50. The number of ether oxygens (including phenoxy) is 1. The fraction of sp³-hybridized carbons (Fsp3) is 0.500. The van der Waals surface area contributed by atoms with Gasteiger partial charge in [-0.2, -0.15) is 0 Å². The highest BCUT2D eigenvalue weighted by Gasteiger charge is 1.99. The molecular formula is C12H18O3. The summed E-state index contributed by atoms with van der Waals surface area (Å²) in [5, 5.41) is 0. The van der Waals surface area contributed by atoms with Gasteiger partial charge in [0, 0.05) is 18.9 Å². The quantitative estimate of drug-likeness (QED) is 0.267. The number of esters is 1. The molecule has 0 amide bonds. The van der Waals surface area contributed by atoms with E-state index in [9.17, 15) is 9.59 Å². The number of ketones is 1. The largest absolute Gasteiger partial charge is 0.466 e. The smallest absolute Gasteiger partial charge is 0.330 e. The van der Waals surface area contributed by atoms with Crippen molar-refractivity contribution in [2.24, 2.45) is 0 Å². The van der Waals surface area contributed by atoms with Crippen LogP contribution in [0, 0.1) is 0 Å². The second-order valence-electron chi connectivity index (χ2n) is 3.18. The lowest BCUT2D eigenvalue weighted by Crippen LogP contribution is -1.97. The highest BCUT2D eigenvalue weighted by atomic mass is 16.5. The highest BCUT2D eigenvalue weighted by Crippen LogP contribution is 2.02. The highest BCUT2D eigenvalue weighted by molar-refractivity contribution is 5.82. The minimum absolute atomic E-state index is 0.228. The van der Waals surface area contributed by atoms with E-state index >= 15 is 0 Å². The zero-order valence-electron chi connectivity index (χ0n) is 9.20. The van der Waals surface area contributed by atoms with Crippen molar-refractivity contribution in [2.75, 3.05) is 7.11 Å². The molecule has 3 nitrogen and oxygen atoms in total. The van der Waals surface area contributed by atoms with E-state index < -0.39 is 0 Å². The van der Waals surface area contributed by atoms with E-state index in [1.807, 2.05) is 6.08 Å². The van der Waals surface area contributed by atoms with Crippen molar-refractivity contribution >= 4 is 11.8 Å². The molecule has 0 saturated heterocycles. The maximum absolute atomic E-state index is 11.2. The maximum Gasteiger partial charge on any atom is 0.330 e. The molecular weight excluding hydrogens is 192 g/mol. The van der Waals surface area contributed by atoms with E-state index in [1.165, 1.54) is 13.2 Å². The van der Waals surface area contributed by atoms with E-state index in [2.05, 4.69) is 11.3 Å². The van der Waals surface area contributed by atoms with Crippen molar-refractivity contribution in [2.45, 2.75) is 32.1 Å². The summed E-state index contributed by atoms with van der Waals surface area (Å²) in [6.07, 6.45) is 8.25. The van der Waals surface area contributed by atoms with Gasteiger partial charge in [0.15, 0.2) is 0 Å². The molecule has 0 aromatic heterocycles. The Bertz CT molecular complexity index is 241. The lowest BCUT2D eigenvalue weighted by Gasteiger charge is -1.96. The average molecular weight is 210 g/mol. The number of hydrogen-bond acceptors (Lipinski definition) is 3. The van der Waals surface area contributed by atoms with Crippen LogP contribution in [0.15, 0.2) is 24.8 Å². The van der Waals surface area contributed by atoms with Crippen LogP contribution in [0.2, 0.25) is 0 Å². The van der Waals surface area contributed by atoms with Gasteiger partial charge in [0.1, 0.15) is 5.78 Å². The van der Waals surface area contributed by atoms with Crippen LogP contribution >= 0.6 is 0 Å². The molecule has 0 aromatic rings. The van der Waals surface area contributed by atoms with Crippen molar-refractivity contribution in [3.05, 3.63) is 24.8 Å². The molecule has 0 unspecified atom stereocenters. The minimum atomic E-state index is -0.380. The first-order chi connectivity index (χ1) is 7.20. The summed E-state index contributed by atoms with van der Waals surface area (Å²) in [4.78, 5) is 21.9. The summed E-state index contributed by atoms with van der Waals surface area (Å²) in [6, 6.07) is 0. The molecule has 0 atom stereocenters. The molecule has 84 valence electrons. The van der Waals surface area contributed by atoms with Crippen molar-refractivity contribution in [1.29, 1.82) is 0 Å². The third-order valence-corrected chi connectivity index (χ3v) is 1.91. The number of carbonyl (C=O) groups excluding carboxylic acids is 2. The molecule has 0 aliphatic heterocycles. The number of allylic oxidation sites excluding steroid dienone is 2. The monoisotopic (exact) mass is 210 g/mol. The Kier molecular flexibility index (Phi) is 8.34. The van der Waals surface area contributed by atoms with Crippen molar-refractivity contribution in [1.82, 2.24) is 0 Å². The number of hydrogen-bond donors (Lipinski definition) is 0. The van der Waals surface area contributed by atoms with Gasteiger partial charge >= 0.3 is 5.97 Å². The van der Waals surface area contributed by atoms with Crippen LogP contribution < -0.4 is 0 Å². The second-order valence-corrected chi connectivity index (χ2v) is 3.18. The Morgan fingerprint density at radius 3 is 2.60 bits per heavy atom. The topological polar surface area (TPSA) is 43.4 Å². The van der Waals surface area contributed by atoms with Crippen LogP contribution in [0.25, 0.3) is 0 Å². The molecule has 0 heterocycles. The number of methoxy groups -OCH3 is 1. The Morgan fingerprint density at radius 1 is 1.27 bits per heavy atom. The molecule has 0 aliphatic rings. The molecule has 0 rings (SSSR count). The summed E-state index contributed by atoms with van der Waals surface area (Å²) in [6.45, 7) is 3.59. The summed E-state index contributed by atoms with van der Waals surface area (Å²) in [5.74, 6) is -0.152. The number of Topliss-reactive ketones (excluding diaryl/α,β-unsaturated/α-hetero) is 1. The third kappa shape index (κ3) is 8.94. The van der Waals surface area contributed by atoms with Gasteiger partial charge in [-0.1, -0.05) is 12.2 Å². The van der Waals surface area contributed by atoms with E-state index in [1.54, 1.807) is 6.08 Å². The summed E-state index contributed by atoms with van der Waals surface area (Å²) in [5.41, 5.74) is 0. The van der Waals surface area contributed by atoms with E-state index in [0.717, 1.165) is 12.8 Å². The summed E-state index contributed by atoms with van der Waals surface area (Å²) >= 11 is 0. The summed E-state index contributed by atoms with van der Waals surface area (Å²) < 4.78 is 4.41. The SMILES string of the molecule is C=CCCCC(=O)CC/C=C/C(=O)OC. The zero-order chi connectivity index (χ0) is 11.5. The molecule has 0 fully saturated rings. The van der Waals surface area contributed by atoms with Gasteiger partial charge in [-0.3, -0.25) is 4.79 Å². The van der Waals surface area contributed by atoms with Crippen LogP contribution in [0.4, 0.5) is 0 Å². The predicted molar refractivity (Wildman–Crippen MR) is 59.4 cm³/mol. The fourth-order valence-corrected chi connectivity index (χ4v) is 1.06. The van der Waals surface area contributed by atoms with E-state index in [0.29, 0.717) is 19.3 Å². The van der Waals surface area contributed by atoms with E-state index in [-0.39, 0.29) is 11.8 Å². The van der Waals surface area contributed by atoms with Gasteiger partial charge in [0.2, 0.25) is 0 Å². The van der Waals surface area contributed by atoms with Crippen LogP contribution in [0.1, 0.15) is 32.1 Å². The fourth-order valence-electron chi connectivity index (χ4n) is 1.06. The first kappa shape index (κ1) is 13.6. The molecule has 0 radical (unpaired) electrons. The Labute approximate surface area is 90.8 Å². The van der Waals surface area contributed by atoms with Crippen LogP contribution in [-0.2, 0) is 14.3 Å². The van der Waals surface area contributed by atoms with Gasteiger partial charge in [0.05, 0.1) is 7.11 Å².